The smallest absolute Gasteiger partial charge is 0.267 e. The molecule has 0 bridgehead atoms. The SMILES string of the molecule is O=C(Cn1nc(-c2ccc(Cl)cc2)ccc1=O)Nc1ccncc1. The van der Waals surface area contributed by atoms with E-state index in [1.807, 2.05) is 0 Å². The molecule has 0 unspecified atom stereocenters. The molecule has 24 heavy (non-hydrogen) atoms. The molecule has 2 heterocycles. The molecule has 0 aliphatic carbocycles. The monoisotopic (exact) mass is 340 g/mol. The third-order valence-corrected chi connectivity index (χ3v) is 3.52. The van der Waals surface area contributed by atoms with Gasteiger partial charge in [-0.05, 0) is 30.3 Å². The molecule has 6 nitrogen and oxygen atoms in total. The summed E-state index contributed by atoms with van der Waals surface area (Å²) in [5.41, 5.74) is 1.65. The number of carbonyl (C=O) groups is 1. The Morgan fingerprint density at radius 1 is 1.04 bits per heavy atom. The predicted octanol–water partition coefficient (Wildman–Crippen LogP) is 2.60. The van der Waals surface area contributed by atoms with E-state index in [0.29, 0.717) is 16.4 Å². The number of nitrogens with one attached hydrogen (secondary N) is 1. The molecule has 0 fully saturated rings. The maximum Gasteiger partial charge on any atom is 0.267 e. The maximum atomic E-state index is 12.1. The summed E-state index contributed by atoms with van der Waals surface area (Å²) in [6.07, 6.45) is 3.14. The van der Waals surface area contributed by atoms with Crippen LogP contribution in [0.3, 0.4) is 0 Å². The van der Waals surface area contributed by atoms with E-state index in [1.165, 1.54) is 6.07 Å². The number of benzene rings is 1. The van der Waals surface area contributed by atoms with Crippen LogP contribution in [0, 0.1) is 0 Å². The lowest BCUT2D eigenvalue weighted by Gasteiger charge is -2.08. The van der Waals surface area contributed by atoms with Gasteiger partial charge < -0.3 is 5.32 Å². The zero-order chi connectivity index (χ0) is 16.9. The van der Waals surface area contributed by atoms with Gasteiger partial charge in [0, 0.05) is 34.7 Å². The number of amides is 1. The molecule has 1 N–H and O–H groups in total. The highest BCUT2D eigenvalue weighted by molar-refractivity contribution is 6.30. The van der Waals surface area contributed by atoms with Gasteiger partial charge in [0.2, 0.25) is 5.91 Å². The molecule has 0 aliphatic rings. The first kappa shape index (κ1) is 15.9. The first-order chi connectivity index (χ1) is 11.6. The number of hydrogen-bond donors (Lipinski definition) is 1. The van der Waals surface area contributed by atoms with Crippen molar-refractivity contribution in [1.82, 2.24) is 14.8 Å². The average Bonchev–Trinajstić information content (AvgIpc) is 2.58. The molecule has 0 radical (unpaired) electrons. The second-order valence-electron chi connectivity index (χ2n) is 5.01. The molecule has 1 amide bonds. The largest absolute Gasteiger partial charge is 0.324 e. The summed E-state index contributed by atoms with van der Waals surface area (Å²) in [5, 5.41) is 7.54. The Labute approximate surface area is 142 Å². The molecule has 3 aromatic rings. The van der Waals surface area contributed by atoms with Crippen molar-refractivity contribution in [2.24, 2.45) is 0 Å². The summed E-state index contributed by atoms with van der Waals surface area (Å²) >= 11 is 5.87. The van der Waals surface area contributed by atoms with Crippen LogP contribution < -0.4 is 10.9 Å². The van der Waals surface area contributed by atoms with Crippen LogP contribution in [0.2, 0.25) is 5.02 Å². The number of rotatable bonds is 4. The van der Waals surface area contributed by atoms with Gasteiger partial charge in [0.1, 0.15) is 6.54 Å². The Hall–Kier alpha value is -2.99. The second kappa shape index (κ2) is 7.06. The molecular formula is C17H13ClN4O2. The zero-order valence-corrected chi connectivity index (χ0v) is 13.3. The summed E-state index contributed by atoms with van der Waals surface area (Å²) in [7, 11) is 0. The fraction of sp³-hybridized carbons (Fsp3) is 0.0588. The minimum Gasteiger partial charge on any atom is -0.324 e. The molecule has 1 aromatic carbocycles. The number of carbonyl (C=O) groups excluding carboxylic acids is 1. The summed E-state index contributed by atoms with van der Waals surface area (Å²) < 4.78 is 1.13. The number of pyridine rings is 1. The van der Waals surface area contributed by atoms with Gasteiger partial charge in [-0.1, -0.05) is 23.7 Å². The summed E-state index contributed by atoms with van der Waals surface area (Å²) in [6.45, 7) is -0.178. The van der Waals surface area contributed by atoms with Crippen molar-refractivity contribution in [3.8, 4) is 11.3 Å². The van der Waals surface area contributed by atoms with E-state index in [-0.39, 0.29) is 18.0 Å². The van der Waals surface area contributed by atoms with Crippen molar-refractivity contribution in [1.29, 1.82) is 0 Å². The number of hydrogen-bond acceptors (Lipinski definition) is 4. The van der Waals surface area contributed by atoms with Crippen LogP contribution in [0.1, 0.15) is 0 Å². The van der Waals surface area contributed by atoms with E-state index in [0.717, 1.165) is 10.2 Å². The van der Waals surface area contributed by atoms with Crippen molar-refractivity contribution in [2.75, 3.05) is 5.32 Å². The van der Waals surface area contributed by atoms with Gasteiger partial charge in [0.25, 0.3) is 5.56 Å². The van der Waals surface area contributed by atoms with Crippen molar-refractivity contribution < 1.29 is 4.79 Å². The lowest BCUT2D eigenvalue weighted by atomic mass is 10.1. The van der Waals surface area contributed by atoms with E-state index < -0.39 is 0 Å². The molecule has 0 saturated heterocycles. The van der Waals surface area contributed by atoms with Crippen molar-refractivity contribution in [3.05, 3.63) is 76.3 Å². The highest BCUT2D eigenvalue weighted by Gasteiger charge is 2.08. The van der Waals surface area contributed by atoms with Crippen molar-refractivity contribution >= 4 is 23.2 Å². The fourth-order valence-corrected chi connectivity index (χ4v) is 2.23. The first-order valence-electron chi connectivity index (χ1n) is 7.16. The van der Waals surface area contributed by atoms with Crippen LogP contribution in [-0.2, 0) is 11.3 Å². The van der Waals surface area contributed by atoms with Gasteiger partial charge >= 0.3 is 0 Å². The third-order valence-electron chi connectivity index (χ3n) is 3.26. The average molecular weight is 341 g/mol. The summed E-state index contributed by atoms with van der Waals surface area (Å²) in [6, 6.07) is 13.4. The lowest BCUT2D eigenvalue weighted by molar-refractivity contribution is -0.117. The van der Waals surface area contributed by atoms with E-state index in [1.54, 1.807) is 54.9 Å². The van der Waals surface area contributed by atoms with Gasteiger partial charge in [-0.3, -0.25) is 14.6 Å². The molecule has 0 saturated carbocycles. The Morgan fingerprint density at radius 2 is 1.75 bits per heavy atom. The Kier molecular flexibility index (Phi) is 4.67. The van der Waals surface area contributed by atoms with Crippen LogP contribution in [0.4, 0.5) is 5.69 Å². The molecule has 7 heteroatoms. The van der Waals surface area contributed by atoms with Crippen LogP contribution >= 0.6 is 11.6 Å². The Morgan fingerprint density at radius 3 is 2.46 bits per heavy atom. The summed E-state index contributed by atoms with van der Waals surface area (Å²) in [5.74, 6) is -0.343. The number of aromatic nitrogens is 3. The van der Waals surface area contributed by atoms with Gasteiger partial charge in [-0.2, -0.15) is 5.10 Å². The Bertz CT molecular complexity index is 908. The van der Waals surface area contributed by atoms with E-state index >= 15 is 0 Å². The third kappa shape index (κ3) is 3.85. The molecular weight excluding hydrogens is 328 g/mol. The number of nitrogens with zero attached hydrogens (tertiary/aromatic N) is 3. The van der Waals surface area contributed by atoms with Crippen LogP contribution in [0.25, 0.3) is 11.3 Å². The van der Waals surface area contributed by atoms with E-state index in [9.17, 15) is 9.59 Å². The molecule has 3 rings (SSSR count). The van der Waals surface area contributed by atoms with Gasteiger partial charge in [-0.15, -0.1) is 0 Å². The molecule has 2 aromatic heterocycles. The molecule has 0 spiro atoms. The highest BCUT2D eigenvalue weighted by atomic mass is 35.5. The Balaban J connectivity index is 1.80. The molecule has 120 valence electrons. The summed E-state index contributed by atoms with van der Waals surface area (Å²) in [4.78, 5) is 27.9. The van der Waals surface area contributed by atoms with Crippen LogP contribution in [-0.4, -0.2) is 20.7 Å². The minimum absolute atomic E-state index is 0.178. The normalized spacial score (nSPS) is 10.4. The standard InChI is InChI=1S/C17H13ClN4O2/c18-13-3-1-12(2-4-13)15-5-6-17(24)22(21-15)11-16(23)20-14-7-9-19-10-8-14/h1-10H,11H2,(H,19,20,23). The minimum atomic E-state index is -0.349. The quantitative estimate of drug-likeness (QED) is 0.792. The fourth-order valence-electron chi connectivity index (χ4n) is 2.11. The highest BCUT2D eigenvalue weighted by Crippen LogP contribution is 2.18. The second-order valence-corrected chi connectivity index (χ2v) is 5.44. The maximum absolute atomic E-state index is 12.1. The topological polar surface area (TPSA) is 76.9 Å². The predicted molar refractivity (Wildman–Crippen MR) is 91.8 cm³/mol. The lowest BCUT2D eigenvalue weighted by Crippen LogP contribution is -2.29. The van der Waals surface area contributed by atoms with Crippen LogP contribution in [0.5, 0.6) is 0 Å². The molecule has 0 aliphatic heterocycles. The van der Waals surface area contributed by atoms with Gasteiger partial charge in [0.15, 0.2) is 0 Å². The van der Waals surface area contributed by atoms with Crippen molar-refractivity contribution in [3.63, 3.8) is 0 Å². The van der Waals surface area contributed by atoms with Gasteiger partial charge in [0.05, 0.1) is 5.69 Å². The number of anilines is 1. The van der Waals surface area contributed by atoms with E-state index in [4.69, 9.17) is 11.6 Å². The van der Waals surface area contributed by atoms with Crippen molar-refractivity contribution in [2.45, 2.75) is 6.54 Å². The first-order valence-corrected chi connectivity index (χ1v) is 7.53. The number of halogens is 1. The molecule has 0 atom stereocenters. The van der Waals surface area contributed by atoms with Crippen LogP contribution in [0.15, 0.2) is 65.7 Å². The van der Waals surface area contributed by atoms with Gasteiger partial charge in [-0.25, -0.2) is 4.68 Å². The zero-order valence-electron chi connectivity index (χ0n) is 12.5. The van der Waals surface area contributed by atoms with E-state index in [2.05, 4.69) is 15.4 Å².